The maximum absolute atomic E-state index is 5.69. The van der Waals surface area contributed by atoms with Gasteiger partial charge in [0.05, 0.1) is 0 Å². The predicted octanol–water partition coefficient (Wildman–Crippen LogP) is 2.70. The first-order valence-electron chi connectivity index (χ1n) is 6.71. The zero-order chi connectivity index (χ0) is 13.8. The fraction of sp³-hybridized carbons (Fsp3) is 0.250. The zero-order valence-corrected chi connectivity index (χ0v) is 11.2. The minimum absolute atomic E-state index is 0.393. The van der Waals surface area contributed by atoms with E-state index in [9.17, 15) is 0 Å². The average molecular weight is 268 g/mol. The van der Waals surface area contributed by atoms with Crippen LogP contribution in [0.1, 0.15) is 18.1 Å². The van der Waals surface area contributed by atoms with Gasteiger partial charge in [-0.2, -0.15) is 0 Å². The number of rotatable bonds is 4. The number of anilines is 2. The van der Waals surface area contributed by atoms with E-state index in [1.807, 2.05) is 31.2 Å². The monoisotopic (exact) mass is 268 g/mol. The highest BCUT2D eigenvalue weighted by atomic mass is 17.1. The highest BCUT2D eigenvalue weighted by Gasteiger charge is 2.89. The summed E-state index contributed by atoms with van der Waals surface area (Å²) in [6, 6.07) is 16.3. The Balaban J connectivity index is 1.43. The summed E-state index contributed by atoms with van der Waals surface area (Å²) in [4.78, 5) is 0. The third kappa shape index (κ3) is 1.85. The largest absolute Gasteiger partial charge is 0.399 e. The molecule has 0 spiro atoms. The van der Waals surface area contributed by atoms with Crippen LogP contribution in [0, 0.1) is 0 Å². The highest BCUT2D eigenvalue weighted by molar-refractivity contribution is 5.50. The molecule has 2 aliphatic heterocycles. The highest BCUT2D eigenvalue weighted by Crippen LogP contribution is 2.66. The van der Waals surface area contributed by atoms with E-state index in [-0.39, 0.29) is 0 Å². The summed E-state index contributed by atoms with van der Waals surface area (Å²) in [5.74, 6) is -0.943. The van der Waals surface area contributed by atoms with Crippen LogP contribution in [-0.4, -0.2) is 11.7 Å². The number of nitrogen functional groups attached to an aromatic ring is 1. The van der Waals surface area contributed by atoms with Crippen molar-refractivity contribution < 1.29 is 9.47 Å². The van der Waals surface area contributed by atoms with Gasteiger partial charge in [0.15, 0.2) is 0 Å². The van der Waals surface area contributed by atoms with Gasteiger partial charge in [-0.3, -0.25) is 9.47 Å². The fourth-order valence-electron chi connectivity index (χ4n) is 2.44. The molecule has 0 aliphatic carbocycles. The molecule has 2 heterocycles. The third-order valence-corrected chi connectivity index (χ3v) is 3.84. The predicted molar refractivity (Wildman–Crippen MR) is 77.0 cm³/mol. The second-order valence-electron chi connectivity index (χ2n) is 5.51. The van der Waals surface area contributed by atoms with Gasteiger partial charge in [-0.25, -0.2) is 0 Å². The molecule has 2 saturated heterocycles. The Kier molecular flexibility index (Phi) is 2.20. The second kappa shape index (κ2) is 3.75. The van der Waals surface area contributed by atoms with E-state index in [1.54, 1.807) is 0 Å². The van der Waals surface area contributed by atoms with Crippen molar-refractivity contribution in [3.05, 3.63) is 59.7 Å². The van der Waals surface area contributed by atoms with Gasteiger partial charge in [0, 0.05) is 11.4 Å². The molecule has 0 bridgehead atoms. The van der Waals surface area contributed by atoms with E-state index in [2.05, 4.69) is 29.6 Å². The molecule has 3 N–H and O–H groups in total. The van der Waals surface area contributed by atoms with Gasteiger partial charge in [-0.1, -0.05) is 24.3 Å². The molecule has 0 atom stereocenters. The number of hydrogen-bond donors (Lipinski definition) is 2. The average Bonchev–Trinajstić information content (AvgIpc) is 3.18. The van der Waals surface area contributed by atoms with Crippen LogP contribution in [0.2, 0.25) is 0 Å². The summed E-state index contributed by atoms with van der Waals surface area (Å²) in [6.07, 6.45) is 0.899. The molecule has 0 saturated carbocycles. The first-order chi connectivity index (χ1) is 9.59. The third-order valence-electron chi connectivity index (χ3n) is 3.84. The molecule has 4 rings (SSSR count). The minimum Gasteiger partial charge on any atom is -0.399 e. The van der Waals surface area contributed by atoms with Crippen molar-refractivity contribution in [3.8, 4) is 0 Å². The van der Waals surface area contributed by atoms with Crippen molar-refractivity contribution in [2.75, 3.05) is 11.1 Å². The molecule has 4 heteroatoms. The van der Waals surface area contributed by atoms with Crippen LogP contribution in [0.5, 0.6) is 0 Å². The number of ether oxygens (including phenoxy) is 2. The van der Waals surface area contributed by atoms with Crippen LogP contribution in [0.3, 0.4) is 0 Å². The van der Waals surface area contributed by atoms with Gasteiger partial charge in [-0.15, -0.1) is 0 Å². The first-order valence-corrected chi connectivity index (χ1v) is 6.71. The normalized spacial score (nSPS) is 29.6. The standard InChI is InChI=1S/C16H16N2O2/c1-15-16(19-15,20-15)18-14-8-4-12(5-9-14)10-11-2-6-13(17)7-3-11/h2-9,18H,10,17H2,1H3. The van der Waals surface area contributed by atoms with Crippen LogP contribution in [-0.2, 0) is 15.9 Å². The Bertz CT molecular complexity index is 643. The van der Waals surface area contributed by atoms with Crippen LogP contribution in [0.4, 0.5) is 11.4 Å². The van der Waals surface area contributed by atoms with E-state index in [0.29, 0.717) is 0 Å². The van der Waals surface area contributed by atoms with E-state index in [0.717, 1.165) is 17.8 Å². The number of fused-ring (bicyclic) bond motifs is 1. The quantitative estimate of drug-likeness (QED) is 0.661. The minimum atomic E-state index is -0.550. The molecular weight excluding hydrogens is 252 g/mol. The molecule has 102 valence electrons. The Morgan fingerprint density at radius 3 is 1.95 bits per heavy atom. The Labute approximate surface area is 117 Å². The topological polar surface area (TPSA) is 63.1 Å². The summed E-state index contributed by atoms with van der Waals surface area (Å²) < 4.78 is 10.8. The summed E-state index contributed by atoms with van der Waals surface area (Å²) in [7, 11) is 0. The van der Waals surface area contributed by atoms with Crippen molar-refractivity contribution in [3.63, 3.8) is 0 Å². The number of benzene rings is 2. The lowest BCUT2D eigenvalue weighted by Crippen LogP contribution is -2.12. The summed E-state index contributed by atoms with van der Waals surface area (Å²) in [6.45, 7) is 1.93. The lowest BCUT2D eigenvalue weighted by Gasteiger charge is -2.07. The van der Waals surface area contributed by atoms with Crippen molar-refractivity contribution >= 4 is 11.4 Å². The van der Waals surface area contributed by atoms with Gasteiger partial charge in [0.2, 0.25) is 0 Å². The van der Waals surface area contributed by atoms with Gasteiger partial charge < -0.3 is 11.1 Å². The lowest BCUT2D eigenvalue weighted by atomic mass is 10.0. The second-order valence-corrected chi connectivity index (χ2v) is 5.51. The van der Waals surface area contributed by atoms with Crippen LogP contribution in [0.25, 0.3) is 0 Å². The first kappa shape index (κ1) is 11.8. The van der Waals surface area contributed by atoms with Gasteiger partial charge >= 0.3 is 5.91 Å². The molecule has 0 aromatic heterocycles. The molecule has 20 heavy (non-hydrogen) atoms. The van der Waals surface area contributed by atoms with E-state index >= 15 is 0 Å². The Morgan fingerprint density at radius 1 is 0.950 bits per heavy atom. The van der Waals surface area contributed by atoms with Crippen molar-refractivity contribution in [2.45, 2.75) is 25.0 Å². The van der Waals surface area contributed by atoms with Crippen LogP contribution >= 0.6 is 0 Å². The zero-order valence-electron chi connectivity index (χ0n) is 11.2. The molecule has 2 aromatic carbocycles. The fourth-order valence-corrected chi connectivity index (χ4v) is 2.44. The lowest BCUT2D eigenvalue weighted by molar-refractivity contribution is -0.0774. The molecule has 2 aromatic rings. The number of nitrogens with one attached hydrogen (secondary N) is 1. The number of nitrogens with two attached hydrogens (primary N) is 1. The maximum Gasteiger partial charge on any atom is 0.311 e. The van der Waals surface area contributed by atoms with Gasteiger partial charge in [0.1, 0.15) is 0 Å². The molecule has 4 nitrogen and oxygen atoms in total. The number of hydrogen-bond acceptors (Lipinski definition) is 4. The van der Waals surface area contributed by atoms with Crippen LogP contribution < -0.4 is 11.1 Å². The van der Waals surface area contributed by atoms with Gasteiger partial charge in [-0.05, 0) is 48.7 Å². The molecule has 2 aliphatic rings. The summed E-state index contributed by atoms with van der Waals surface area (Å²) in [5, 5.41) is 3.24. The molecule has 0 radical (unpaired) electrons. The van der Waals surface area contributed by atoms with E-state index in [4.69, 9.17) is 15.2 Å². The van der Waals surface area contributed by atoms with Gasteiger partial charge in [0.25, 0.3) is 5.79 Å². The van der Waals surface area contributed by atoms with E-state index < -0.39 is 11.7 Å². The van der Waals surface area contributed by atoms with E-state index in [1.165, 1.54) is 11.1 Å². The van der Waals surface area contributed by atoms with Crippen molar-refractivity contribution in [1.82, 2.24) is 0 Å². The number of epoxide rings is 2. The summed E-state index contributed by atoms with van der Waals surface area (Å²) in [5.41, 5.74) is 10.0. The SMILES string of the molecule is CC12OC1(Nc1ccc(Cc3ccc(N)cc3)cc1)O2. The summed E-state index contributed by atoms with van der Waals surface area (Å²) >= 11 is 0. The van der Waals surface area contributed by atoms with Crippen LogP contribution in [0.15, 0.2) is 48.5 Å². The molecule has 0 unspecified atom stereocenters. The molecular formula is C16H16N2O2. The Morgan fingerprint density at radius 2 is 1.45 bits per heavy atom. The van der Waals surface area contributed by atoms with Crippen molar-refractivity contribution in [1.29, 1.82) is 0 Å². The smallest absolute Gasteiger partial charge is 0.311 e. The molecule has 2 fully saturated rings. The molecule has 0 amide bonds. The Hall–Kier alpha value is -2.04. The van der Waals surface area contributed by atoms with Crippen molar-refractivity contribution in [2.24, 2.45) is 0 Å². The maximum atomic E-state index is 5.69.